The summed E-state index contributed by atoms with van der Waals surface area (Å²) in [5.41, 5.74) is -4.49. The van der Waals surface area contributed by atoms with E-state index in [-0.39, 0.29) is 23.7 Å². The molecule has 3 unspecified atom stereocenters. The molecule has 0 aliphatic heterocycles. The van der Waals surface area contributed by atoms with E-state index in [0.29, 0.717) is 18.6 Å². The van der Waals surface area contributed by atoms with Crippen LogP contribution in [-0.4, -0.2) is 13.0 Å². The number of halogens is 7. The molecular formula is C25H22F7NO2. The SMILES string of the molecule is COc1ccc(C2C3CC4CC(C3)CC2(C(=O)Nc2c(F)c(F)c(C(F)(F)F)c(F)c2F)C4)cc1. The topological polar surface area (TPSA) is 38.3 Å². The summed E-state index contributed by atoms with van der Waals surface area (Å²) < 4.78 is 101. The van der Waals surface area contributed by atoms with Crippen LogP contribution in [0, 0.1) is 46.4 Å². The molecule has 3 nitrogen and oxygen atoms in total. The zero-order chi connectivity index (χ0) is 25.3. The summed E-state index contributed by atoms with van der Waals surface area (Å²) in [6.45, 7) is 0. The predicted octanol–water partition coefficient (Wildman–Crippen LogP) is 6.82. The van der Waals surface area contributed by atoms with Crippen molar-refractivity contribution in [2.45, 2.75) is 44.2 Å². The van der Waals surface area contributed by atoms with Crippen LogP contribution in [0.3, 0.4) is 0 Å². The second-order valence-electron chi connectivity index (χ2n) is 9.97. The Labute approximate surface area is 196 Å². The van der Waals surface area contributed by atoms with Gasteiger partial charge in [-0.1, -0.05) is 12.1 Å². The molecule has 0 radical (unpaired) electrons. The van der Waals surface area contributed by atoms with E-state index in [1.54, 1.807) is 12.1 Å². The molecule has 4 aliphatic rings. The van der Waals surface area contributed by atoms with Crippen LogP contribution >= 0.6 is 0 Å². The fraction of sp³-hybridized carbons (Fsp3) is 0.480. The quantitative estimate of drug-likeness (QED) is 0.369. The Kier molecular flexibility index (Phi) is 5.56. The maximum absolute atomic E-state index is 14.6. The first-order valence-electron chi connectivity index (χ1n) is 11.3. The van der Waals surface area contributed by atoms with E-state index in [1.807, 2.05) is 17.4 Å². The molecule has 0 spiro atoms. The van der Waals surface area contributed by atoms with Gasteiger partial charge in [-0.3, -0.25) is 4.79 Å². The molecule has 2 aromatic carbocycles. The number of hydrogen-bond acceptors (Lipinski definition) is 2. The van der Waals surface area contributed by atoms with E-state index < -0.39 is 52.0 Å². The zero-order valence-electron chi connectivity index (χ0n) is 18.6. The van der Waals surface area contributed by atoms with Crippen LogP contribution in [0.25, 0.3) is 0 Å². The van der Waals surface area contributed by atoms with Crippen molar-refractivity contribution in [3.63, 3.8) is 0 Å². The van der Waals surface area contributed by atoms with Gasteiger partial charge in [-0.2, -0.15) is 13.2 Å². The molecule has 6 rings (SSSR count). The average molecular weight is 501 g/mol. The molecule has 10 heteroatoms. The number of ether oxygens (including phenoxy) is 1. The first-order chi connectivity index (χ1) is 16.5. The maximum Gasteiger partial charge on any atom is 0.422 e. The Morgan fingerprint density at radius 2 is 1.46 bits per heavy atom. The van der Waals surface area contributed by atoms with E-state index in [1.165, 1.54) is 7.11 Å². The van der Waals surface area contributed by atoms with Crippen LogP contribution in [0.4, 0.5) is 36.4 Å². The maximum atomic E-state index is 14.6. The molecule has 35 heavy (non-hydrogen) atoms. The molecule has 1 N–H and O–H groups in total. The summed E-state index contributed by atoms with van der Waals surface area (Å²) in [6.07, 6.45) is -2.14. The normalized spacial score (nSPS) is 29.4. The molecule has 188 valence electrons. The molecule has 1 amide bonds. The standard InChI is InChI=1S/C25H22F7NO2/c1-35-15-4-2-13(3-5-15)16-14-7-11-6-12(8-14)10-24(16,9-11)23(34)33-22-20(28)18(26)17(25(30,31)32)19(27)21(22)29/h2-5,11-12,14,16H,6-10H2,1H3,(H,33,34). The summed E-state index contributed by atoms with van der Waals surface area (Å²) in [5, 5.41) is 1.96. The predicted molar refractivity (Wildman–Crippen MR) is 112 cm³/mol. The van der Waals surface area contributed by atoms with Gasteiger partial charge in [0, 0.05) is 5.92 Å². The lowest BCUT2D eigenvalue weighted by Crippen LogP contribution is -2.56. The molecule has 0 aromatic heterocycles. The number of alkyl halides is 3. The lowest BCUT2D eigenvalue weighted by Gasteiger charge is -2.60. The van der Waals surface area contributed by atoms with Gasteiger partial charge >= 0.3 is 6.18 Å². The van der Waals surface area contributed by atoms with Crippen molar-refractivity contribution in [1.82, 2.24) is 0 Å². The number of benzene rings is 2. The fourth-order valence-electron chi connectivity index (χ4n) is 7.00. The number of hydrogen-bond donors (Lipinski definition) is 1. The molecular weight excluding hydrogens is 479 g/mol. The van der Waals surface area contributed by atoms with E-state index in [4.69, 9.17) is 4.74 Å². The van der Waals surface area contributed by atoms with Crippen LogP contribution in [0.1, 0.15) is 49.1 Å². The Morgan fingerprint density at radius 3 is 1.94 bits per heavy atom. The van der Waals surface area contributed by atoms with E-state index >= 15 is 0 Å². The van der Waals surface area contributed by atoms with Crippen molar-refractivity contribution in [2.75, 3.05) is 12.4 Å². The number of rotatable bonds is 4. The largest absolute Gasteiger partial charge is 0.497 e. The van der Waals surface area contributed by atoms with Gasteiger partial charge in [-0.25, -0.2) is 17.6 Å². The highest BCUT2D eigenvalue weighted by Gasteiger charge is 2.61. The van der Waals surface area contributed by atoms with Gasteiger partial charge in [-0.15, -0.1) is 0 Å². The van der Waals surface area contributed by atoms with Crippen LogP contribution in [-0.2, 0) is 11.0 Å². The molecule has 4 aliphatic carbocycles. The van der Waals surface area contributed by atoms with E-state index in [2.05, 4.69) is 0 Å². The Balaban J connectivity index is 1.56. The zero-order valence-corrected chi connectivity index (χ0v) is 18.6. The lowest BCUT2D eigenvalue weighted by molar-refractivity contribution is -0.145. The number of nitrogens with one attached hydrogen (secondary N) is 1. The number of methoxy groups -OCH3 is 1. The number of anilines is 1. The first kappa shape index (κ1) is 23.9. The Bertz CT molecular complexity index is 1130. The van der Waals surface area contributed by atoms with Gasteiger partial charge in [0.2, 0.25) is 5.91 Å². The molecule has 4 saturated carbocycles. The molecule has 0 heterocycles. The van der Waals surface area contributed by atoms with Gasteiger partial charge in [-0.05, 0) is 67.6 Å². The smallest absolute Gasteiger partial charge is 0.422 e. The minimum atomic E-state index is -5.65. The van der Waals surface area contributed by atoms with Crippen molar-refractivity contribution in [1.29, 1.82) is 0 Å². The molecule has 4 bridgehead atoms. The van der Waals surface area contributed by atoms with Crippen LogP contribution in [0.15, 0.2) is 24.3 Å². The van der Waals surface area contributed by atoms with E-state index in [0.717, 1.165) is 24.8 Å². The number of amides is 1. The number of carbonyl (C=O) groups is 1. The molecule has 2 aromatic rings. The third-order valence-corrected chi connectivity index (χ3v) is 8.02. The third kappa shape index (κ3) is 3.67. The monoisotopic (exact) mass is 501 g/mol. The highest BCUT2D eigenvalue weighted by molar-refractivity contribution is 5.97. The van der Waals surface area contributed by atoms with Crippen molar-refractivity contribution >= 4 is 11.6 Å². The summed E-state index contributed by atoms with van der Waals surface area (Å²) in [5.74, 6) is -9.76. The summed E-state index contributed by atoms with van der Waals surface area (Å²) in [4.78, 5) is 13.6. The van der Waals surface area contributed by atoms with Crippen molar-refractivity contribution < 1.29 is 40.3 Å². The van der Waals surface area contributed by atoms with Crippen LogP contribution < -0.4 is 10.1 Å². The fourth-order valence-corrected chi connectivity index (χ4v) is 7.00. The second-order valence-corrected chi connectivity index (χ2v) is 9.97. The molecule has 0 saturated heterocycles. The van der Waals surface area contributed by atoms with Crippen LogP contribution in [0.2, 0.25) is 0 Å². The average Bonchev–Trinajstić information content (AvgIpc) is 2.79. The van der Waals surface area contributed by atoms with Crippen molar-refractivity contribution in [3.8, 4) is 5.75 Å². The molecule has 4 fully saturated rings. The van der Waals surface area contributed by atoms with Gasteiger partial charge < -0.3 is 10.1 Å². The van der Waals surface area contributed by atoms with E-state index in [9.17, 15) is 35.5 Å². The van der Waals surface area contributed by atoms with Gasteiger partial charge in [0.25, 0.3) is 0 Å². The molecule has 3 atom stereocenters. The van der Waals surface area contributed by atoms with Crippen molar-refractivity contribution in [2.24, 2.45) is 23.2 Å². The highest BCUT2D eigenvalue weighted by atomic mass is 19.4. The summed E-state index contributed by atoms with van der Waals surface area (Å²) in [7, 11) is 1.51. The summed E-state index contributed by atoms with van der Waals surface area (Å²) in [6, 6.07) is 7.12. The summed E-state index contributed by atoms with van der Waals surface area (Å²) >= 11 is 0. The minimum Gasteiger partial charge on any atom is -0.497 e. The van der Waals surface area contributed by atoms with Crippen LogP contribution in [0.5, 0.6) is 5.75 Å². The van der Waals surface area contributed by atoms with Gasteiger partial charge in [0.15, 0.2) is 23.3 Å². The third-order valence-electron chi connectivity index (χ3n) is 8.02. The lowest BCUT2D eigenvalue weighted by atomic mass is 9.43. The van der Waals surface area contributed by atoms with Gasteiger partial charge in [0.1, 0.15) is 17.0 Å². The highest BCUT2D eigenvalue weighted by Crippen LogP contribution is 2.66. The first-order valence-corrected chi connectivity index (χ1v) is 11.3. The second kappa shape index (κ2) is 8.13. The van der Waals surface area contributed by atoms with Gasteiger partial charge in [0.05, 0.1) is 12.5 Å². The number of carbonyl (C=O) groups excluding carboxylic acids is 1. The minimum absolute atomic E-state index is 0.121. The van der Waals surface area contributed by atoms with Crippen molar-refractivity contribution in [3.05, 3.63) is 58.7 Å². The Morgan fingerprint density at radius 1 is 0.914 bits per heavy atom. The Hall–Kier alpha value is -2.78.